The van der Waals surface area contributed by atoms with Crippen LogP contribution in [0.4, 0.5) is 0 Å². The molecule has 36 heavy (non-hydrogen) atoms. The number of amides is 1. The van der Waals surface area contributed by atoms with Crippen molar-refractivity contribution in [3.63, 3.8) is 0 Å². The standard InChI is InChI=1S/C27H32N2O7/c1-31-24-12-20(13-25(32-2)27(24)33-3)23-14-21(28-36-23)15-29(16-22-10-7-11-35-22)26(30)18-34-17-19-8-5-4-6-9-19/h4-6,8-9,12-14,22H,7,10-11,15-18H2,1-3H3/t22-/m1/s1. The zero-order valence-corrected chi connectivity index (χ0v) is 20.9. The van der Waals surface area contributed by atoms with Crippen molar-refractivity contribution in [2.24, 2.45) is 0 Å². The van der Waals surface area contributed by atoms with Crippen molar-refractivity contribution in [1.82, 2.24) is 10.1 Å². The Balaban J connectivity index is 1.47. The zero-order valence-electron chi connectivity index (χ0n) is 20.9. The van der Waals surface area contributed by atoms with E-state index < -0.39 is 0 Å². The molecule has 1 aromatic heterocycles. The van der Waals surface area contributed by atoms with E-state index in [-0.39, 0.29) is 25.2 Å². The second kappa shape index (κ2) is 12.4. The number of hydrogen-bond donors (Lipinski definition) is 0. The van der Waals surface area contributed by atoms with Gasteiger partial charge in [0.2, 0.25) is 11.7 Å². The van der Waals surface area contributed by atoms with Gasteiger partial charge in [-0.25, -0.2) is 0 Å². The highest BCUT2D eigenvalue weighted by molar-refractivity contribution is 5.77. The first-order valence-corrected chi connectivity index (χ1v) is 11.9. The fourth-order valence-corrected chi connectivity index (χ4v) is 4.15. The van der Waals surface area contributed by atoms with E-state index in [1.807, 2.05) is 30.3 Å². The lowest BCUT2D eigenvalue weighted by molar-refractivity contribution is -0.138. The van der Waals surface area contributed by atoms with Crippen molar-refractivity contribution in [3.05, 3.63) is 59.8 Å². The highest BCUT2D eigenvalue weighted by atomic mass is 16.5. The zero-order chi connectivity index (χ0) is 25.3. The summed E-state index contributed by atoms with van der Waals surface area (Å²) in [6, 6.07) is 15.2. The van der Waals surface area contributed by atoms with Gasteiger partial charge in [-0.15, -0.1) is 0 Å². The van der Waals surface area contributed by atoms with Crippen molar-refractivity contribution < 1.29 is 33.0 Å². The van der Waals surface area contributed by atoms with E-state index in [0.29, 0.717) is 54.0 Å². The van der Waals surface area contributed by atoms with E-state index in [1.54, 1.807) is 44.4 Å². The van der Waals surface area contributed by atoms with Crippen molar-refractivity contribution >= 4 is 5.91 Å². The number of rotatable bonds is 12. The van der Waals surface area contributed by atoms with Crippen LogP contribution in [-0.4, -0.2) is 63.2 Å². The molecule has 0 bridgehead atoms. The van der Waals surface area contributed by atoms with Gasteiger partial charge < -0.3 is 33.1 Å². The summed E-state index contributed by atoms with van der Waals surface area (Å²) in [4.78, 5) is 14.8. The van der Waals surface area contributed by atoms with Crippen LogP contribution in [0.1, 0.15) is 24.1 Å². The Bertz CT molecular complexity index is 1100. The molecule has 9 nitrogen and oxygen atoms in total. The topological polar surface area (TPSA) is 92.5 Å². The first kappa shape index (κ1) is 25.5. The number of benzene rings is 2. The number of carbonyl (C=O) groups excluding carboxylic acids is 1. The minimum Gasteiger partial charge on any atom is -0.493 e. The van der Waals surface area contributed by atoms with E-state index >= 15 is 0 Å². The van der Waals surface area contributed by atoms with Crippen LogP contribution >= 0.6 is 0 Å². The lowest BCUT2D eigenvalue weighted by Gasteiger charge is -2.24. The number of hydrogen-bond acceptors (Lipinski definition) is 8. The summed E-state index contributed by atoms with van der Waals surface area (Å²) in [5.41, 5.74) is 2.35. The molecule has 0 unspecified atom stereocenters. The maximum Gasteiger partial charge on any atom is 0.249 e. The normalized spacial score (nSPS) is 15.0. The molecule has 192 valence electrons. The van der Waals surface area contributed by atoms with Crippen LogP contribution in [0.3, 0.4) is 0 Å². The number of aromatic nitrogens is 1. The quantitative estimate of drug-likeness (QED) is 0.370. The molecule has 3 aromatic rings. The number of methoxy groups -OCH3 is 3. The number of nitrogens with zero attached hydrogens (tertiary/aromatic N) is 2. The molecule has 2 aromatic carbocycles. The molecule has 9 heteroatoms. The lowest BCUT2D eigenvalue weighted by Crippen LogP contribution is -2.39. The van der Waals surface area contributed by atoms with Gasteiger partial charge in [0.15, 0.2) is 17.3 Å². The Morgan fingerprint density at radius 1 is 1.06 bits per heavy atom. The molecule has 1 aliphatic rings. The summed E-state index contributed by atoms with van der Waals surface area (Å²) in [5.74, 6) is 1.91. The monoisotopic (exact) mass is 496 g/mol. The van der Waals surface area contributed by atoms with Crippen molar-refractivity contribution in [2.45, 2.75) is 32.1 Å². The Morgan fingerprint density at radius 2 is 1.81 bits per heavy atom. The van der Waals surface area contributed by atoms with Gasteiger partial charge in [-0.1, -0.05) is 35.5 Å². The predicted octanol–water partition coefficient (Wildman–Crippen LogP) is 4.09. The summed E-state index contributed by atoms with van der Waals surface area (Å²) in [6.45, 7) is 1.81. The maximum atomic E-state index is 13.1. The van der Waals surface area contributed by atoms with Gasteiger partial charge in [-0.3, -0.25) is 4.79 Å². The van der Waals surface area contributed by atoms with Crippen LogP contribution in [0.5, 0.6) is 17.2 Å². The van der Waals surface area contributed by atoms with Crippen LogP contribution < -0.4 is 14.2 Å². The van der Waals surface area contributed by atoms with Gasteiger partial charge in [0.05, 0.1) is 40.6 Å². The maximum absolute atomic E-state index is 13.1. The van der Waals surface area contributed by atoms with Gasteiger partial charge >= 0.3 is 0 Å². The van der Waals surface area contributed by atoms with Crippen LogP contribution in [0.25, 0.3) is 11.3 Å². The van der Waals surface area contributed by atoms with Gasteiger partial charge in [-0.05, 0) is 30.5 Å². The molecule has 1 atom stereocenters. The minimum absolute atomic E-state index is 0.00422. The fraction of sp³-hybridized carbons (Fsp3) is 0.407. The molecule has 1 saturated heterocycles. The van der Waals surface area contributed by atoms with Gasteiger partial charge in [0.25, 0.3) is 0 Å². The van der Waals surface area contributed by atoms with Crippen molar-refractivity contribution in [2.75, 3.05) is 41.1 Å². The Morgan fingerprint density at radius 3 is 2.44 bits per heavy atom. The first-order valence-electron chi connectivity index (χ1n) is 11.9. The molecule has 0 spiro atoms. The summed E-state index contributed by atoms with van der Waals surface area (Å²) < 4.78 is 33.4. The molecule has 0 N–H and O–H groups in total. The SMILES string of the molecule is COc1cc(-c2cc(CN(C[C@H]3CCCO3)C(=O)COCc3ccccc3)no2)cc(OC)c1OC. The van der Waals surface area contributed by atoms with Crippen LogP contribution in [-0.2, 0) is 27.4 Å². The summed E-state index contributed by atoms with van der Waals surface area (Å²) in [6.07, 6.45) is 1.92. The Labute approximate surface area is 210 Å². The molecular weight excluding hydrogens is 464 g/mol. The molecule has 4 rings (SSSR count). The van der Waals surface area contributed by atoms with Gasteiger partial charge in [0.1, 0.15) is 12.3 Å². The lowest BCUT2D eigenvalue weighted by atomic mass is 10.1. The molecule has 0 saturated carbocycles. The third-order valence-electron chi connectivity index (χ3n) is 6.00. The average molecular weight is 497 g/mol. The summed E-state index contributed by atoms with van der Waals surface area (Å²) >= 11 is 0. The highest BCUT2D eigenvalue weighted by Crippen LogP contribution is 2.41. The van der Waals surface area contributed by atoms with Crippen molar-refractivity contribution in [3.8, 4) is 28.6 Å². The molecule has 1 amide bonds. The third-order valence-corrected chi connectivity index (χ3v) is 6.00. The summed E-state index contributed by atoms with van der Waals surface area (Å²) in [7, 11) is 4.67. The fourth-order valence-electron chi connectivity index (χ4n) is 4.15. The van der Waals surface area contributed by atoms with Crippen LogP contribution in [0.2, 0.25) is 0 Å². The first-order chi connectivity index (χ1) is 17.6. The molecule has 2 heterocycles. The third kappa shape index (κ3) is 6.35. The highest BCUT2D eigenvalue weighted by Gasteiger charge is 2.24. The van der Waals surface area contributed by atoms with Crippen LogP contribution in [0.15, 0.2) is 53.1 Å². The second-order valence-electron chi connectivity index (χ2n) is 8.48. The smallest absolute Gasteiger partial charge is 0.249 e. The average Bonchev–Trinajstić information content (AvgIpc) is 3.60. The van der Waals surface area contributed by atoms with E-state index in [9.17, 15) is 4.79 Å². The van der Waals surface area contributed by atoms with E-state index in [2.05, 4.69) is 5.16 Å². The molecule has 1 aliphatic heterocycles. The van der Waals surface area contributed by atoms with E-state index in [4.69, 9.17) is 28.2 Å². The number of carbonyl (C=O) groups is 1. The molecule has 0 radical (unpaired) electrons. The number of ether oxygens (including phenoxy) is 5. The van der Waals surface area contributed by atoms with E-state index in [1.165, 1.54) is 0 Å². The molecular formula is C27H32N2O7. The molecule has 1 fully saturated rings. The predicted molar refractivity (Wildman–Crippen MR) is 132 cm³/mol. The minimum atomic E-state index is -0.126. The molecule has 0 aliphatic carbocycles. The Kier molecular flexibility index (Phi) is 8.80. The van der Waals surface area contributed by atoms with Gasteiger partial charge in [0, 0.05) is 24.8 Å². The second-order valence-corrected chi connectivity index (χ2v) is 8.48. The van der Waals surface area contributed by atoms with Crippen LogP contribution in [0, 0.1) is 0 Å². The Hall–Kier alpha value is -3.56. The van der Waals surface area contributed by atoms with Crippen molar-refractivity contribution in [1.29, 1.82) is 0 Å². The van der Waals surface area contributed by atoms with E-state index in [0.717, 1.165) is 18.4 Å². The largest absolute Gasteiger partial charge is 0.493 e. The van der Waals surface area contributed by atoms with Gasteiger partial charge in [-0.2, -0.15) is 0 Å². The summed E-state index contributed by atoms with van der Waals surface area (Å²) in [5, 5.41) is 4.21.